The molecule has 0 radical (unpaired) electrons. The smallest absolute Gasteiger partial charge is 0.272 e. The van der Waals surface area contributed by atoms with Gasteiger partial charge in [-0.25, -0.2) is 4.98 Å². The van der Waals surface area contributed by atoms with Crippen LogP contribution in [0.4, 0.5) is 0 Å². The maximum atomic E-state index is 12.3. The van der Waals surface area contributed by atoms with Crippen LogP contribution in [-0.2, 0) is 6.54 Å². The van der Waals surface area contributed by atoms with E-state index in [0.29, 0.717) is 5.69 Å². The molecular weight excluding hydrogens is 278 g/mol. The molecule has 3 heterocycles. The molecule has 1 aliphatic heterocycles. The molecular formula is C16H21N5O. The van der Waals surface area contributed by atoms with Gasteiger partial charge in [-0.1, -0.05) is 6.07 Å². The SMILES string of the molecule is Cc1nccn1CCN1CCN(C(=O)c2ccccn2)CC1. The van der Waals surface area contributed by atoms with Crippen LogP contribution in [0.15, 0.2) is 36.8 Å². The van der Waals surface area contributed by atoms with Crippen molar-refractivity contribution >= 4 is 5.91 Å². The first-order valence-corrected chi connectivity index (χ1v) is 7.64. The van der Waals surface area contributed by atoms with Gasteiger partial charge in [-0.3, -0.25) is 14.7 Å². The van der Waals surface area contributed by atoms with Crippen molar-refractivity contribution in [2.75, 3.05) is 32.7 Å². The van der Waals surface area contributed by atoms with E-state index in [1.165, 1.54) is 0 Å². The fourth-order valence-corrected chi connectivity index (χ4v) is 2.72. The predicted molar refractivity (Wildman–Crippen MR) is 83.5 cm³/mol. The lowest BCUT2D eigenvalue weighted by Gasteiger charge is -2.34. The number of imidazole rings is 1. The maximum Gasteiger partial charge on any atom is 0.272 e. The van der Waals surface area contributed by atoms with E-state index in [2.05, 4.69) is 19.4 Å². The quantitative estimate of drug-likeness (QED) is 0.846. The Morgan fingerprint density at radius 3 is 2.55 bits per heavy atom. The van der Waals surface area contributed by atoms with Crippen LogP contribution in [0.25, 0.3) is 0 Å². The van der Waals surface area contributed by atoms with Crippen LogP contribution in [0.3, 0.4) is 0 Å². The van der Waals surface area contributed by atoms with E-state index < -0.39 is 0 Å². The fraction of sp³-hybridized carbons (Fsp3) is 0.438. The number of hydrogen-bond acceptors (Lipinski definition) is 4. The Kier molecular flexibility index (Phi) is 4.48. The summed E-state index contributed by atoms with van der Waals surface area (Å²) in [6, 6.07) is 5.45. The van der Waals surface area contributed by atoms with Crippen LogP contribution in [0, 0.1) is 6.92 Å². The normalized spacial score (nSPS) is 16.0. The lowest BCUT2D eigenvalue weighted by atomic mass is 10.2. The Morgan fingerprint density at radius 2 is 1.91 bits per heavy atom. The summed E-state index contributed by atoms with van der Waals surface area (Å²) < 4.78 is 2.16. The van der Waals surface area contributed by atoms with Crippen LogP contribution in [0.5, 0.6) is 0 Å². The molecule has 0 bridgehead atoms. The molecule has 0 saturated carbocycles. The zero-order chi connectivity index (χ0) is 15.4. The Hall–Kier alpha value is -2.21. The molecule has 0 atom stereocenters. The van der Waals surface area contributed by atoms with Crippen molar-refractivity contribution in [2.45, 2.75) is 13.5 Å². The molecule has 3 rings (SSSR count). The van der Waals surface area contributed by atoms with Crippen LogP contribution in [0.2, 0.25) is 0 Å². The number of aryl methyl sites for hydroxylation is 1. The van der Waals surface area contributed by atoms with Gasteiger partial charge in [0.15, 0.2) is 0 Å². The van der Waals surface area contributed by atoms with Crippen molar-refractivity contribution in [3.8, 4) is 0 Å². The predicted octanol–water partition coefficient (Wildman–Crippen LogP) is 1.04. The van der Waals surface area contributed by atoms with E-state index in [9.17, 15) is 4.79 Å². The highest BCUT2D eigenvalue weighted by Gasteiger charge is 2.22. The van der Waals surface area contributed by atoms with Crippen molar-refractivity contribution in [1.82, 2.24) is 24.3 Å². The Labute approximate surface area is 130 Å². The van der Waals surface area contributed by atoms with Gasteiger partial charge in [-0.15, -0.1) is 0 Å². The molecule has 0 spiro atoms. The van der Waals surface area contributed by atoms with Crippen LogP contribution in [0.1, 0.15) is 16.3 Å². The lowest BCUT2D eigenvalue weighted by Crippen LogP contribution is -2.49. The Bertz CT molecular complexity index is 616. The lowest BCUT2D eigenvalue weighted by molar-refractivity contribution is 0.0627. The average Bonchev–Trinajstić information content (AvgIpc) is 2.99. The third-order valence-electron chi connectivity index (χ3n) is 4.12. The zero-order valence-corrected chi connectivity index (χ0v) is 12.9. The number of aromatic nitrogens is 3. The maximum absolute atomic E-state index is 12.3. The summed E-state index contributed by atoms with van der Waals surface area (Å²) >= 11 is 0. The second kappa shape index (κ2) is 6.70. The monoisotopic (exact) mass is 299 g/mol. The van der Waals surface area contributed by atoms with Crippen molar-refractivity contribution in [1.29, 1.82) is 0 Å². The second-order valence-electron chi connectivity index (χ2n) is 5.52. The molecule has 6 heteroatoms. The number of pyridine rings is 1. The summed E-state index contributed by atoms with van der Waals surface area (Å²) in [5.41, 5.74) is 0.532. The van der Waals surface area contributed by atoms with Gasteiger partial charge >= 0.3 is 0 Å². The highest BCUT2D eigenvalue weighted by atomic mass is 16.2. The minimum Gasteiger partial charge on any atom is -0.335 e. The summed E-state index contributed by atoms with van der Waals surface area (Å²) in [7, 11) is 0. The highest BCUT2D eigenvalue weighted by Crippen LogP contribution is 2.07. The zero-order valence-electron chi connectivity index (χ0n) is 12.9. The molecule has 2 aromatic heterocycles. The van der Waals surface area contributed by atoms with Gasteiger partial charge in [0.05, 0.1) is 0 Å². The minimum atomic E-state index is 0.0331. The van der Waals surface area contributed by atoms with Gasteiger partial charge in [0.1, 0.15) is 11.5 Å². The summed E-state index contributed by atoms with van der Waals surface area (Å²) in [6.45, 7) is 7.29. The number of amides is 1. The molecule has 6 nitrogen and oxygen atoms in total. The van der Waals surface area contributed by atoms with E-state index in [1.54, 1.807) is 12.3 Å². The number of nitrogens with zero attached hydrogens (tertiary/aromatic N) is 5. The van der Waals surface area contributed by atoms with Gasteiger partial charge in [0, 0.05) is 57.9 Å². The second-order valence-corrected chi connectivity index (χ2v) is 5.52. The van der Waals surface area contributed by atoms with Gasteiger partial charge < -0.3 is 9.47 Å². The van der Waals surface area contributed by atoms with Gasteiger partial charge in [0.2, 0.25) is 0 Å². The Morgan fingerprint density at radius 1 is 1.09 bits per heavy atom. The molecule has 0 aromatic carbocycles. The molecule has 2 aromatic rings. The topological polar surface area (TPSA) is 54.3 Å². The van der Waals surface area contributed by atoms with Crippen LogP contribution < -0.4 is 0 Å². The molecule has 1 aliphatic rings. The first-order valence-electron chi connectivity index (χ1n) is 7.64. The highest BCUT2D eigenvalue weighted by molar-refractivity contribution is 5.92. The average molecular weight is 299 g/mol. The fourth-order valence-electron chi connectivity index (χ4n) is 2.72. The molecule has 1 amide bonds. The summed E-state index contributed by atoms with van der Waals surface area (Å²) in [6.07, 6.45) is 5.51. The number of carbonyl (C=O) groups excluding carboxylic acids is 1. The first kappa shape index (κ1) is 14.7. The summed E-state index contributed by atoms with van der Waals surface area (Å²) in [5.74, 6) is 1.08. The third-order valence-corrected chi connectivity index (χ3v) is 4.12. The van der Waals surface area contributed by atoms with Crippen molar-refractivity contribution in [2.24, 2.45) is 0 Å². The van der Waals surface area contributed by atoms with Crippen molar-refractivity contribution in [3.05, 3.63) is 48.3 Å². The molecule has 0 N–H and O–H groups in total. The van der Waals surface area contributed by atoms with E-state index in [-0.39, 0.29) is 5.91 Å². The summed E-state index contributed by atoms with van der Waals surface area (Å²) in [4.78, 5) is 25.0. The summed E-state index contributed by atoms with van der Waals surface area (Å²) in [5, 5.41) is 0. The minimum absolute atomic E-state index is 0.0331. The van der Waals surface area contributed by atoms with E-state index >= 15 is 0 Å². The molecule has 116 valence electrons. The Balaban J connectivity index is 1.48. The van der Waals surface area contributed by atoms with E-state index in [0.717, 1.165) is 45.1 Å². The number of piperazine rings is 1. The molecule has 1 fully saturated rings. The number of hydrogen-bond donors (Lipinski definition) is 0. The number of carbonyl (C=O) groups is 1. The molecule has 0 unspecified atom stereocenters. The van der Waals surface area contributed by atoms with Crippen molar-refractivity contribution < 1.29 is 4.79 Å². The molecule has 1 saturated heterocycles. The standard InChI is InChI=1S/C16H21N5O/c1-14-17-6-7-20(14)11-8-19-9-12-21(13-10-19)16(22)15-4-2-3-5-18-15/h2-7H,8-13H2,1H3. The molecule has 0 aliphatic carbocycles. The van der Waals surface area contributed by atoms with Gasteiger partial charge in [-0.05, 0) is 19.1 Å². The largest absolute Gasteiger partial charge is 0.335 e. The van der Waals surface area contributed by atoms with E-state index in [1.807, 2.05) is 36.4 Å². The van der Waals surface area contributed by atoms with Gasteiger partial charge in [0.25, 0.3) is 5.91 Å². The first-order chi connectivity index (χ1) is 10.7. The van der Waals surface area contributed by atoms with Gasteiger partial charge in [-0.2, -0.15) is 0 Å². The van der Waals surface area contributed by atoms with Crippen LogP contribution in [-0.4, -0.2) is 63.0 Å². The number of rotatable bonds is 4. The van der Waals surface area contributed by atoms with Crippen molar-refractivity contribution in [3.63, 3.8) is 0 Å². The van der Waals surface area contributed by atoms with Crippen LogP contribution >= 0.6 is 0 Å². The van der Waals surface area contributed by atoms with E-state index in [4.69, 9.17) is 0 Å². The molecule has 22 heavy (non-hydrogen) atoms. The third kappa shape index (κ3) is 3.33.